The highest BCUT2D eigenvalue weighted by Crippen LogP contribution is 2.23. The summed E-state index contributed by atoms with van der Waals surface area (Å²) in [4.78, 5) is 34.7. The fourth-order valence-corrected chi connectivity index (χ4v) is 2.49. The van der Waals surface area contributed by atoms with Crippen molar-refractivity contribution in [3.05, 3.63) is 27.9 Å². The number of aromatic nitrogens is 1. The molecule has 1 aliphatic rings. The van der Waals surface area contributed by atoms with E-state index >= 15 is 0 Å². The van der Waals surface area contributed by atoms with Gasteiger partial charge in [0.25, 0.3) is 5.91 Å². The van der Waals surface area contributed by atoms with Gasteiger partial charge < -0.3 is 20.1 Å². The van der Waals surface area contributed by atoms with Crippen molar-refractivity contribution in [2.45, 2.75) is 12.8 Å². The predicted molar refractivity (Wildman–Crippen MR) is 68.3 cm³/mol. The molecule has 1 fully saturated rings. The Hall–Kier alpha value is -2.38. The smallest absolute Gasteiger partial charge is 0.323 e. The Morgan fingerprint density at radius 2 is 2.20 bits per heavy atom. The lowest BCUT2D eigenvalue weighted by atomic mass is 10.1. The van der Waals surface area contributed by atoms with Gasteiger partial charge in [-0.25, -0.2) is 4.57 Å². The van der Waals surface area contributed by atoms with Crippen LogP contribution in [-0.4, -0.2) is 44.5 Å². The third-order valence-electron chi connectivity index (χ3n) is 3.54. The number of nitro groups is 1. The summed E-state index contributed by atoms with van der Waals surface area (Å²) in [6.07, 6.45) is 0.682. The monoisotopic (exact) mass is 281 g/mol. The van der Waals surface area contributed by atoms with Crippen LogP contribution in [-0.2, 0) is 11.8 Å². The number of rotatable bonds is 4. The van der Waals surface area contributed by atoms with Gasteiger partial charge in [-0.2, -0.15) is 0 Å². The van der Waals surface area contributed by atoms with Crippen molar-refractivity contribution in [3.8, 4) is 0 Å². The highest BCUT2D eigenvalue weighted by molar-refractivity contribution is 5.93. The molecule has 2 heterocycles. The Labute approximate surface area is 114 Å². The molecule has 1 saturated heterocycles. The Balaban J connectivity index is 2.09. The number of carboxylic acid groups (broad SMARTS) is 1. The first-order valence-corrected chi connectivity index (χ1v) is 6.21. The zero-order valence-electron chi connectivity index (χ0n) is 11.0. The van der Waals surface area contributed by atoms with Gasteiger partial charge in [-0.1, -0.05) is 0 Å². The normalized spacial score (nSPS) is 18.2. The molecule has 1 aromatic rings. The molecule has 8 heteroatoms. The molecule has 1 N–H and O–H groups in total. The predicted octanol–water partition coefficient (Wildman–Crippen LogP) is 0.870. The Bertz CT molecular complexity index is 565. The van der Waals surface area contributed by atoms with E-state index in [1.807, 2.05) is 0 Å². The molecule has 1 unspecified atom stereocenters. The number of amides is 1. The minimum Gasteiger partial charge on any atom is -0.481 e. The highest BCUT2D eigenvalue weighted by atomic mass is 16.6. The van der Waals surface area contributed by atoms with Crippen LogP contribution in [0.1, 0.15) is 23.3 Å². The number of hydrogen-bond acceptors (Lipinski definition) is 4. The van der Waals surface area contributed by atoms with Crippen molar-refractivity contribution >= 4 is 17.7 Å². The summed E-state index contributed by atoms with van der Waals surface area (Å²) in [5.74, 6) is -1.37. The van der Waals surface area contributed by atoms with E-state index in [4.69, 9.17) is 5.11 Å². The van der Waals surface area contributed by atoms with E-state index in [1.54, 1.807) is 4.90 Å². The maximum atomic E-state index is 12.3. The van der Waals surface area contributed by atoms with E-state index in [0.717, 1.165) is 0 Å². The first-order valence-electron chi connectivity index (χ1n) is 6.21. The van der Waals surface area contributed by atoms with Gasteiger partial charge in [0.05, 0.1) is 7.05 Å². The molecule has 1 aliphatic heterocycles. The van der Waals surface area contributed by atoms with Crippen LogP contribution >= 0.6 is 0 Å². The summed E-state index contributed by atoms with van der Waals surface area (Å²) >= 11 is 0. The summed E-state index contributed by atoms with van der Waals surface area (Å²) in [7, 11) is 1.47. The molecule has 0 spiro atoms. The van der Waals surface area contributed by atoms with Gasteiger partial charge in [0, 0.05) is 25.6 Å². The second-order valence-corrected chi connectivity index (χ2v) is 4.90. The second kappa shape index (κ2) is 5.32. The molecular formula is C12H15N3O5. The minimum atomic E-state index is -0.876. The van der Waals surface area contributed by atoms with Crippen LogP contribution in [0.3, 0.4) is 0 Å². The molecule has 1 amide bonds. The Morgan fingerprint density at radius 3 is 2.75 bits per heavy atom. The fraction of sp³-hybridized carbons (Fsp3) is 0.500. The van der Waals surface area contributed by atoms with E-state index in [1.165, 1.54) is 23.7 Å². The van der Waals surface area contributed by atoms with Gasteiger partial charge in [-0.3, -0.25) is 9.59 Å². The zero-order chi connectivity index (χ0) is 14.9. The Morgan fingerprint density at radius 1 is 1.50 bits per heavy atom. The molecule has 0 aliphatic carbocycles. The molecule has 0 aromatic carbocycles. The SMILES string of the molecule is Cn1c(C(=O)N2CCC(CC(=O)O)C2)ccc1[N+](=O)[O-]. The molecule has 8 nitrogen and oxygen atoms in total. The molecule has 108 valence electrons. The first-order chi connectivity index (χ1) is 9.40. The number of hydrogen-bond donors (Lipinski definition) is 1. The lowest BCUT2D eigenvalue weighted by Gasteiger charge is -2.14. The van der Waals surface area contributed by atoms with Crippen LogP contribution in [0.15, 0.2) is 12.1 Å². The first kappa shape index (κ1) is 14.0. The maximum Gasteiger partial charge on any atom is 0.323 e. The highest BCUT2D eigenvalue weighted by Gasteiger charge is 2.31. The molecule has 0 radical (unpaired) electrons. The van der Waals surface area contributed by atoms with Crippen LogP contribution in [0.2, 0.25) is 0 Å². The molecule has 0 bridgehead atoms. The van der Waals surface area contributed by atoms with Crippen molar-refractivity contribution in [1.29, 1.82) is 0 Å². The van der Waals surface area contributed by atoms with Crippen molar-refractivity contribution < 1.29 is 19.6 Å². The fourth-order valence-electron chi connectivity index (χ4n) is 2.49. The lowest BCUT2D eigenvalue weighted by molar-refractivity contribution is -0.391. The van der Waals surface area contributed by atoms with E-state index in [9.17, 15) is 19.7 Å². The average Bonchev–Trinajstić information content (AvgIpc) is 2.94. The van der Waals surface area contributed by atoms with Gasteiger partial charge in [0.2, 0.25) is 0 Å². The molecular weight excluding hydrogens is 266 g/mol. The summed E-state index contributed by atoms with van der Waals surface area (Å²) in [5, 5.41) is 19.5. The van der Waals surface area contributed by atoms with Gasteiger partial charge in [0.1, 0.15) is 0 Å². The number of carbonyl (C=O) groups is 2. The van der Waals surface area contributed by atoms with Crippen LogP contribution in [0, 0.1) is 16.0 Å². The van der Waals surface area contributed by atoms with Gasteiger partial charge in [0.15, 0.2) is 5.69 Å². The van der Waals surface area contributed by atoms with E-state index in [2.05, 4.69) is 0 Å². The van der Waals surface area contributed by atoms with Crippen molar-refractivity contribution in [1.82, 2.24) is 9.47 Å². The van der Waals surface area contributed by atoms with Crippen molar-refractivity contribution in [3.63, 3.8) is 0 Å². The topological polar surface area (TPSA) is 106 Å². The van der Waals surface area contributed by atoms with E-state index in [-0.39, 0.29) is 29.8 Å². The maximum absolute atomic E-state index is 12.3. The third-order valence-corrected chi connectivity index (χ3v) is 3.54. The summed E-state index contributed by atoms with van der Waals surface area (Å²) in [6.45, 7) is 0.861. The van der Waals surface area contributed by atoms with Gasteiger partial charge >= 0.3 is 11.8 Å². The van der Waals surface area contributed by atoms with E-state index in [0.29, 0.717) is 19.5 Å². The standard InChI is InChI=1S/C12H15N3O5/c1-13-9(2-3-10(13)15(19)20)12(18)14-5-4-8(7-14)6-11(16)17/h2-3,8H,4-7H2,1H3,(H,16,17). The minimum absolute atomic E-state index is 0.0388. The Kier molecular flexibility index (Phi) is 3.73. The van der Waals surface area contributed by atoms with Crippen molar-refractivity contribution in [2.75, 3.05) is 13.1 Å². The molecule has 2 rings (SSSR count). The van der Waals surface area contributed by atoms with E-state index < -0.39 is 10.9 Å². The lowest BCUT2D eigenvalue weighted by Crippen LogP contribution is -2.30. The summed E-state index contributed by atoms with van der Waals surface area (Å²) in [5.41, 5.74) is 0.243. The van der Waals surface area contributed by atoms with Crippen molar-refractivity contribution in [2.24, 2.45) is 13.0 Å². The number of carbonyl (C=O) groups excluding carboxylic acids is 1. The largest absolute Gasteiger partial charge is 0.481 e. The van der Waals surface area contributed by atoms with Gasteiger partial charge in [-0.05, 0) is 23.3 Å². The van der Waals surface area contributed by atoms with Gasteiger partial charge in [-0.15, -0.1) is 0 Å². The third kappa shape index (κ3) is 2.63. The number of nitrogens with zero attached hydrogens (tertiary/aromatic N) is 3. The molecule has 0 saturated carbocycles. The summed E-state index contributed by atoms with van der Waals surface area (Å²) < 4.78 is 1.24. The average molecular weight is 281 g/mol. The quantitative estimate of drug-likeness (QED) is 0.651. The molecule has 20 heavy (non-hydrogen) atoms. The molecule has 1 aromatic heterocycles. The van der Waals surface area contributed by atoms with Crippen LogP contribution in [0.5, 0.6) is 0 Å². The van der Waals surface area contributed by atoms with Crippen LogP contribution < -0.4 is 0 Å². The number of aliphatic carboxylic acids is 1. The zero-order valence-corrected chi connectivity index (χ0v) is 11.0. The van der Waals surface area contributed by atoms with Crippen LogP contribution in [0.4, 0.5) is 5.82 Å². The summed E-state index contributed by atoms with van der Waals surface area (Å²) in [6, 6.07) is 2.71. The van der Waals surface area contributed by atoms with Crippen LogP contribution in [0.25, 0.3) is 0 Å². The number of likely N-dealkylation sites (tertiary alicyclic amines) is 1. The number of carboxylic acids is 1. The second-order valence-electron chi connectivity index (χ2n) is 4.90. The molecule has 1 atom stereocenters.